The van der Waals surface area contributed by atoms with E-state index in [4.69, 9.17) is 9.51 Å². The number of thiazole rings is 1. The molecule has 1 fully saturated rings. The van der Waals surface area contributed by atoms with Gasteiger partial charge in [-0.15, -0.1) is 35.3 Å². The zero-order chi connectivity index (χ0) is 19.9. The van der Waals surface area contributed by atoms with Gasteiger partial charge >= 0.3 is 0 Å². The van der Waals surface area contributed by atoms with Crippen molar-refractivity contribution in [2.45, 2.75) is 13.0 Å². The van der Waals surface area contributed by atoms with Crippen LogP contribution in [0, 0.1) is 0 Å². The quantitative estimate of drug-likeness (QED) is 0.295. The average molecular weight is 538 g/mol. The minimum Gasteiger partial charge on any atom is -0.364 e. The minimum atomic E-state index is 0. The first-order valence-electron chi connectivity index (χ1n) is 9.89. The SMILES string of the molecule is CN=C(NCCc1csc(-c2ccccc2)n1)N1CCN(Cc2ccon2)CC1.I. The van der Waals surface area contributed by atoms with Gasteiger partial charge in [-0.2, -0.15) is 0 Å². The number of nitrogens with one attached hydrogen (secondary N) is 1. The van der Waals surface area contributed by atoms with E-state index in [1.165, 1.54) is 5.56 Å². The van der Waals surface area contributed by atoms with Crippen molar-refractivity contribution in [1.29, 1.82) is 0 Å². The van der Waals surface area contributed by atoms with Gasteiger partial charge in [-0.1, -0.05) is 35.5 Å². The fourth-order valence-electron chi connectivity index (χ4n) is 3.44. The average Bonchev–Trinajstić information content (AvgIpc) is 3.45. The first kappa shape index (κ1) is 22.7. The Balaban J connectivity index is 0.00000256. The van der Waals surface area contributed by atoms with Crippen molar-refractivity contribution in [2.75, 3.05) is 39.8 Å². The highest BCUT2D eigenvalue weighted by molar-refractivity contribution is 14.0. The number of benzene rings is 1. The third-order valence-corrected chi connectivity index (χ3v) is 5.94. The summed E-state index contributed by atoms with van der Waals surface area (Å²) in [7, 11) is 1.85. The van der Waals surface area contributed by atoms with Crippen LogP contribution in [-0.4, -0.2) is 65.7 Å². The van der Waals surface area contributed by atoms with Gasteiger partial charge in [0.25, 0.3) is 0 Å². The normalized spacial score (nSPS) is 15.1. The molecule has 7 nitrogen and oxygen atoms in total. The predicted molar refractivity (Wildman–Crippen MR) is 131 cm³/mol. The number of guanidine groups is 1. The van der Waals surface area contributed by atoms with Crippen molar-refractivity contribution in [3.05, 3.63) is 59.4 Å². The molecule has 1 N–H and O–H groups in total. The monoisotopic (exact) mass is 538 g/mol. The second-order valence-electron chi connectivity index (χ2n) is 6.99. The molecule has 4 rings (SSSR count). The van der Waals surface area contributed by atoms with E-state index in [9.17, 15) is 0 Å². The van der Waals surface area contributed by atoms with Crippen LogP contribution in [0.1, 0.15) is 11.4 Å². The van der Waals surface area contributed by atoms with Crippen molar-refractivity contribution < 1.29 is 4.52 Å². The highest BCUT2D eigenvalue weighted by Crippen LogP contribution is 2.23. The molecule has 160 valence electrons. The number of aliphatic imine (C=N–C) groups is 1. The standard InChI is InChI=1S/C21H26N6OS.HI/c1-22-21(27-12-10-26(11-13-27)15-18-8-14-28-25-18)23-9-7-19-16-29-20(24-19)17-5-3-2-4-6-17;/h2-6,8,14,16H,7,9-13,15H2,1H3,(H,22,23);1H. The third kappa shape index (κ3) is 6.02. The van der Waals surface area contributed by atoms with Crippen molar-refractivity contribution >= 4 is 41.3 Å². The topological polar surface area (TPSA) is 69.8 Å². The molecule has 0 radical (unpaired) electrons. The molecule has 0 amide bonds. The lowest BCUT2D eigenvalue weighted by Gasteiger charge is -2.36. The Hall–Kier alpha value is -1.98. The summed E-state index contributed by atoms with van der Waals surface area (Å²) >= 11 is 1.70. The first-order valence-corrected chi connectivity index (χ1v) is 10.8. The molecule has 1 saturated heterocycles. The number of piperazine rings is 1. The zero-order valence-corrected chi connectivity index (χ0v) is 20.2. The largest absolute Gasteiger partial charge is 0.364 e. The van der Waals surface area contributed by atoms with Crippen LogP contribution in [0.4, 0.5) is 0 Å². The number of aromatic nitrogens is 2. The fraction of sp³-hybridized carbons (Fsp3) is 0.381. The lowest BCUT2D eigenvalue weighted by Crippen LogP contribution is -2.52. The summed E-state index contributed by atoms with van der Waals surface area (Å²) in [6.45, 7) is 5.53. The molecular weight excluding hydrogens is 511 g/mol. The number of halogens is 1. The Kier molecular flexibility index (Phi) is 8.64. The Labute approximate surface area is 198 Å². The fourth-order valence-corrected chi connectivity index (χ4v) is 4.30. The zero-order valence-electron chi connectivity index (χ0n) is 17.0. The van der Waals surface area contributed by atoms with Gasteiger partial charge in [0.1, 0.15) is 11.3 Å². The molecule has 9 heteroatoms. The van der Waals surface area contributed by atoms with Gasteiger partial charge in [-0.3, -0.25) is 9.89 Å². The lowest BCUT2D eigenvalue weighted by molar-refractivity contribution is 0.169. The molecule has 0 atom stereocenters. The van der Waals surface area contributed by atoms with E-state index in [2.05, 4.69) is 42.8 Å². The summed E-state index contributed by atoms with van der Waals surface area (Å²) in [5.41, 5.74) is 3.28. The maximum Gasteiger partial charge on any atom is 0.193 e. The number of rotatable bonds is 6. The van der Waals surface area contributed by atoms with Gasteiger partial charge in [0.05, 0.1) is 11.4 Å². The number of nitrogens with zero attached hydrogens (tertiary/aromatic N) is 5. The van der Waals surface area contributed by atoms with Crippen LogP contribution in [-0.2, 0) is 13.0 Å². The highest BCUT2D eigenvalue weighted by Gasteiger charge is 2.20. The molecule has 0 unspecified atom stereocenters. The van der Waals surface area contributed by atoms with Crippen LogP contribution in [0.5, 0.6) is 0 Å². The van der Waals surface area contributed by atoms with Crippen LogP contribution >= 0.6 is 35.3 Å². The van der Waals surface area contributed by atoms with Gasteiger partial charge in [0, 0.05) is 69.7 Å². The molecule has 3 aromatic rings. The molecule has 3 heterocycles. The van der Waals surface area contributed by atoms with E-state index in [1.807, 2.05) is 31.3 Å². The van der Waals surface area contributed by atoms with Crippen LogP contribution < -0.4 is 5.32 Å². The summed E-state index contributed by atoms with van der Waals surface area (Å²) in [5, 5.41) is 10.7. The maximum atomic E-state index is 4.92. The molecule has 0 saturated carbocycles. The molecule has 1 aromatic carbocycles. The molecular formula is C21H27IN6OS. The summed E-state index contributed by atoms with van der Waals surface area (Å²) < 4.78 is 4.92. The Morgan fingerprint density at radius 2 is 1.93 bits per heavy atom. The number of hydrogen-bond donors (Lipinski definition) is 1. The van der Waals surface area contributed by atoms with E-state index in [0.29, 0.717) is 0 Å². The van der Waals surface area contributed by atoms with Gasteiger partial charge < -0.3 is 14.7 Å². The molecule has 0 spiro atoms. The summed E-state index contributed by atoms with van der Waals surface area (Å²) in [6.07, 6.45) is 2.51. The summed E-state index contributed by atoms with van der Waals surface area (Å²) in [4.78, 5) is 13.9. The van der Waals surface area contributed by atoms with Gasteiger partial charge in [-0.05, 0) is 0 Å². The highest BCUT2D eigenvalue weighted by atomic mass is 127. The van der Waals surface area contributed by atoms with Crippen LogP contribution in [0.3, 0.4) is 0 Å². The van der Waals surface area contributed by atoms with Crippen molar-refractivity contribution in [3.63, 3.8) is 0 Å². The molecule has 30 heavy (non-hydrogen) atoms. The maximum absolute atomic E-state index is 4.92. The molecule has 1 aliphatic rings. The number of hydrogen-bond acceptors (Lipinski definition) is 6. The summed E-state index contributed by atoms with van der Waals surface area (Å²) in [5.74, 6) is 0.963. The van der Waals surface area contributed by atoms with E-state index in [-0.39, 0.29) is 24.0 Å². The van der Waals surface area contributed by atoms with Crippen LogP contribution in [0.2, 0.25) is 0 Å². The molecule has 0 bridgehead atoms. The predicted octanol–water partition coefficient (Wildman–Crippen LogP) is 3.35. The van der Waals surface area contributed by atoms with Crippen molar-refractivity contribution in [3.8, 4) is 10.6 Å². The second-order valence-corrected chi connectivity index (χ2v) is 7.85. The van der Waals surface area contributed by atoms with E-state index in [0.717, 1.165) is 68.0 Å². The van der Waals surface area contributed by atoms with E-state index in [1.54, 1.807) is 17.6 Å². The van der Waals surface area contributed by atoms with Gasteiger partial charge in [0.15, 0.2) is 5.96 Å². The smallest absolute Gasteiger partial charge is 0.193 e. The second kappa shape index (κ2) is 11.4. The summed E-state index contributed by atoms with van der Waals surface area (Å²) in [6, 6.07) is 12.3. The Morgan fingerprint density at radius 1 is 1.13 bits per heavy atom. The van der Waals surface area contributed by atoms with Crippen LogP contribution in [0.15, 0.2) is 57.6 Å². The lowest BCUT2D eigenvalue weighted by atomic mass is 10.2. The van der Waals surface area contributed by atoms with E-state index >= 15 is 0 Å². The Bertz CT molecular complexity index is 907. The Morgan fingerprint density at radius 3 is 2.63 bits per heavy atom. The van der Waals surface area contributed by atoms with Crippen LogP contribution in [0.25, 0.3) is 10.6 Å². The van der Waals surface area contributed by atoms with Crippen molar-refractivity contribution in [2.24, 2.45) is 4.99 Å². The minimum absolute atomic E-state index is 0. The molecule has 2 aromatic heterocycles. The first-order chi connectivity index (χ1) is 14.3. The van der Waals surface area contributed by atoms with Gasteiger partial charge in [0.2, 0.25) is 0 Å². The van der Waals surface area contributed by atoms with E-state index < -0.39 is 0 Å². The third-order valence-electron chi connectivity index (χ3n) is 5.00. The van der Waals surface area contributed by atoms with Crippen molar-refractivity contribution in [1.82, 2.24) is 25.3 Å². The molecule has 0 aliphatic carbocycles. The molecule has 1 aliphatic heterocycles. The van der Waals surface area contributed by atoms with Gasteiger partial charge in [-0.25, -0.2) is 4.98 Å².